The number of halogens is 1. The van der Waals surface area contributed by atoms with Crippen molar-refractivity contribution >= 4 is 32.5 Å². The molecule has 0 aliphatic carbocycles. The molecule has 0 amide bonds. The van der Waals surface area contributed by atoms with Crippen molar-refractivity contribution in [3.05, 3.63) is 78.5 Å². The van der Waals surface area contributed by atoms with Gasteiger partial charge in [-0.05, 0) is 30.3 Å². The van der Waals surface area contributed by atoms with Crippen LogP contribution < -0.4 is 0 Å². The Morgan fingerprint density at radius 3 is 2.35 bits per heavy atom. The third-order valence-electron chi connectivity index (χ3n) is 3.04. The zero-order valence-corrected chi connectivity index (χ0v) is 13.8. The smallest absolute Gasteiger partial charge is 0.242 e. The Morgan fingerprint density at radius 1 is 1.09 bits per heavy atom. The molecule has 120 valence electrons. The zero-order valence-electron chi connectivity index (χ0n) is 12.3. The lowest BCUT2D eigenvalue weighted by atomic mass is 10.2. The number of aromatic nitrogens is 1. The second-order valence-electron chi connectivity index (χ2n) is 4.68. The number of rotatable bonds is 3. The van der Waals surface area contributed by atoms with Gasteiger partial charge in [0.2, 0.25) is 10.0 Å². The molecule has 0 atom stereocenters. The van der Waals surface area contributed by atoms with Gasteiger partial charge in [0.25, 0.3) is 0 Å². The number of hydrogen-bond acceptors (Lipinski definition) is 3. The van der Waals surface area contributed by atoms with E-state index in [9.17, 15) is 13.5 Å². The molecule has 0 bridgehead atoms. The van der Waals surface area contributed by atoms with E-state index < -0.39 is 10.0 Å². The van der Waals surface area contributed by atoms with Gasteiger partial charge in [-0.15, -0.1) is 6.58 Å². The Hall–Kier alpha value is -2.24. The maximum Gasteiger partial charge on any atom is 0.242 e. The molecule has 3 rings (SSSR count). The van der Waals surface area contributed by atoms with E-state index in [1.54, 1.807) is 18.2 Å². The molecule has 0 spiro atoms. The summed E-state index contributed by atoms with van der Waals surface area (Å²) in [7, 11) is -3.42. The van der Waals surface area contributed by atoms with Gasteiger partial charge in [0.05, 0.1) is 11.3 Å². The van der Waals surface area contributed by atoms with Crippen molar-refractivity contribution in [2.75, 3.05) is 5.75 Å². The summed E-state index contributed by atoms with van der Waals surface area (Å²) in [6.07, 6.45) is 2.77. The lowest BCUT2D eigenvalue weighted by molar-refractivity contribution is 0.481. The first-order valence-electron chi connectivity index (χ1n) is 6.79. The molecular formula is C17H16ClNO3S. The molecule has 1 N–H and O–H groups in total. The molecule has 0 saturated heterocycles. The summed E-state index contributed by atoms with van der Waals surface area (Å²) in [5.41, 5.74) is 0.474. The predicted molar refractivity (Wildman–Crippen MR) is 94.4 cm³/mol. The molecule has 0 saturated carbocycles. The molecule has 0 aliphatic rings. The minimum Gasteiger partial charge on any atom is -0.507 e. The molecule has 2 aromatic carbocycles. The van der Waals surface area contributed by atoms with Gasteiger partial charge < -0.3 is 5.11 Å². The molecule has 4 nitrogen and oxygen atoms in total. The first-order valence-corrected chi connectivity index (χ1v) is 8.78. The van der Waals surface area contributed by atoms with E-state index in [-0.39, 0.29) is 11.5 Å². The van der Waals surface area contributed by atoms with Gasteiger partial charge in [-0.3, -0.25) is 0 Å². The van der Waals surface area contributed by atoms with E-state index in [0.717, 1.165) is 9.00 Å². The highest BCUT2D eigenvalue weighted by Crippen LogP contribution is 2.26. The summed E-state index contributed by atoms with van der Waals surface area (Å²) in [6.45, 7) is 3.41. The van der Waals surface area contributed by atoms with Gasteiger partial charge in [0.1, 0.15) is 5.75 Å². The van der Waals surface area contributed by atoms with Crippen LogP contribution in [-0.4, -0.2) is 23.2 Å². The largest absolute Gasteiger partial charge is 0.507 e. The fourth-order valence-corrected chi connectivity index (χ4v) is 3.32. The Bertz CT molecular complexity index is 902. The van der Waals surface area contributed by atoms with Crippen molar-refractivity contribution in [3.8, 4) is 5.75 Å². The molecule has 23 heavy (non-hydrogen) atoms. The minimum atomic E-state index is -3.42. The molecular weight excluding hydrogens is 334 g/mol. The number of phenolic OH excluding ortho intramolecular Hbond substituents is 1. The van der Waals surface area contributed by atoms with E-state index in [4.69, 9.17) is 11.6 Å². The highest BCUT2D eigenvalue weighted by molar-refractivity contribution is 7.90. The molecule has 0 aliphatic heterocycles. The monoisotopic (exact) mass is 349 g/mol. The van der Waals surface area contributed by atoms with Crippen molar-refractivity contribution in [3.63, 3.8) is 0 Å². The van der Waals surface area contributed by atoms with Crippen LogP contribution in [0, 0.1) is 0 Å². The SMILES string of the molecule is C=CCS(=O)(=O)n1ccc2c(O)cccc21.Clc1ccccc1. The molecule has 6 heteroatoms. The van der Waals surface area contributed by atoms with Crippen LogP contribution in [0.5, 0.6) is 5.75 Å². The van der Waals surface area contributed by atoms with Crippen molar-refractivity contribution in [2.45, 2.75) is 0 Å². The topological polar surface area (TPSA) is 59.3 Å². The van der Waals surface area contributed by atoms with Crippen molar-refractivity contribution in [2.24, 2.45) is 0 Å². The van der Waals surface area contributed by atoms with Crippen molar-refractivity contribution in [1.29, 1.82) is 0 Å². The van der Waals surface area contributed by atoms with Crippen molar-refractivity contribution < 1.29 is 13.5 Å². The van der Waals surface area contributed by atoms with Crippen LogP contribution >= 0.6 is 11.6 Å². The molecule has 1 aromatic heterocycles. The van der Waals surface area contributed by atoms with Crippen LogP contribution in [-0.2, 0) is 10.0 Å². The van der Waals surface area contributed by atoms with Crippen LogP contribution in [0.25, 0.3) is 10.9 Å². The first kappa shape index (κ1) is 17.1. The summed E-state index contributed by atoms with van der Waals surface area (Å²) in [5, 5.41) is 10.9. The lowest BCUT2D eigenvalue weighted by Crippen LogP contribution is -2.13. The van der Waals surface area contributed by atoms with E-state index in [0.29, 0.717) is 10.9 Å². The minimum absolute atomic E-state index is 0.0741. The average Bonchev–Trinajstić information content (AvgIpc) is 2.95. The van der Waals surface area contributed by atoms with Gasteiger partial charge >= 0.3 is 0 Å². The third kappa shape index (κ3) is 4.15. The number of hydrogen-bond donors (Lipinski definition) is 1. The Balaban J connectivity index is 0.000000229. The van der Waals surface area contributed by atoms with Gasteiger partial charge in [-0.2, -0.15) is 0 Å². The Kier molecular flexibility index (Phi) is 5.47. The maximum absolute atomic E-state index is 11.8. The fourth-order valence-electron chi connectivity index (χ4n) is 2.01. The molecule has 0 unspecified atom stereocenters. The second-order valence-corrected chi connectivity index (χ2v) is 7.01. The predicted octanol–water partition coefficient (Wildman–Crippen LogP) is 4.05. The van der Waals surface area contributed by atoms with E-state index in [1.165, 1.54) is 18.3 Å². The fraction of sp³-hybridized carbons (Fsp3) is 0.0588. The van der Waals surface area contributed by atoms with Gasteiger partial charge in [-0.1, -0.05) is 41.9 Å². The molecule has 1 heterocycles. The molecule has 0 fully saturated rings. The summed E-state index contributed by atoms with van der Waals surface area (Å²) in [5.74, 6) is -0.0584. The highest BCUT2D eigenvalue weighted by atomic mass is 35.5. The molecule has 0 radical (unpaired) electrons. The number of phenols is 1. The number of benzene rings is 2. The highest BCUT2D eigenvalue weighted by Gasteiger charge is 2.14. The van der Waals surface area contributed by atoms with Gasteiger partial charge in [-0.25, -0.2) is 12.4 Å². The standard InChI is InChI=1S/C11H11NO3S.C6H5Cl/c1-2-8-16(14,15)12-7-6-9-10(12)4-3-5-11(9)13;7-6-4-2-1-3-5-6/h2-7,13H,1,8H2;1-5H. The molecule has 3 aromatic rings. The first-order chi connectivity index (χ1) is 11.0. The quantitative estimate of drug-likeness (QED) is 0.726. The van der Waals surface area contributed by atoms with E-state index in [2.05, 4.69) is 6.58 Å². The van der Waals surface area contributed by atoms with Crippen LogP contribution in [0.3, 0.4) is 0 Å². The number of nitrogens with zero attached hydrogens (tertiary/aromatic N) is 1. The maximum atomic E-state index is 11.8. The summed E-state index contributed by atoms with van der Waals surface area (Å²) in [6, 6.07) is 15.8. The lowest BCUT2D eigenvalue weighted by Gasteiger charge is -2.04. The van der Waals surface area contributed by atoms with Crippen LogP contribution in [0.4, 0.5) is 0 Å². The van der Waals surface area contributed by atoms with E-state index >= 15 is 0 Å². The van der Waals surface area contributed by atoms with Crippen molar-refractivity contribution in [1.82, 2.24) is 3.97 Å². The van der Waals surface area contributed by atoms with Gasteiger partial charge in [0, 0.05) is 16.6 Å². The summed E-state index contributed by atoms with van der Waals surface area (Å²) >= 11 is 5.54. The van der Waals surface area contributed by atoms with Crippen LogP contribution in [0.15, 0.2) is 73.4 Å². The Morgan fingerprint density at radius 2 is 1.78 bits per heavy atom. The Labute approximate surface area is 140 Å². The van der Waals surface area contributed by atoms with Crippen LogP contribution in [0.1, 0.15) is 0 Å². The summed E-state index contributed by atoms with van der Waals surface area (Å²) < 4.78 is 24.8. The van der Waals surface area contributed by atoms with Crippen LogP contribution in [0.2, 0.25) is 5.02 Å². The third-order valence-corrected chi connectivity index (χ3v) is 4.86. The number of aromatic hydroxyl groups is 1. The normalized spacial score (nSPS) is 10.8. The van der Waals surface area contributed by atoms with Gasteiger partial charge in [0.15, 0.2) is 0 Å². The summed E-state index contributed by atoms with van der Waals surface area (Å²) in [4.78, 5) is 0. The van der Waals surface area contributed by atoms with E-state index in [1.807, 2.05) is 30.3 Å². The number of fused-ring (bicyclic) bond motifs is 1. The zero-order chi connectivity index (χ0) is 16.9. The average molecular weight is 350 g/mol. The second kappa shape index (κ2) is 7.35.